The number of aromatic nitrogens is 1. The van der Waals surface area contributed by atoms with Crippen molar-refractivity contribution in [1.82, 2.24) is 4.57 Å². The summed E-state index contributed by atoms with van der Waals surface area (Å²) in [7, 11) is 0. The third kappa shape index (κ3) is 5.96. The molecule has 2 aromatic rings. The average molecular weight is 318 g/mol. The number of carboxylic acid groups (broad SMARTS) is 2. The molecule has 124 valence electrons. The largest absolute Gasteiger partial charge is 0.478 e. The lowest BCUT2D eigenvalue weighted by Gasteiger charge is -2.10. The number of nitrogens with zero attached hydrogens (tertiary/aromatic N) is 1. The van der Waals surface area contributed by atoms with Crippen molar-refractivity contribution in [3.05, 3.63) is 48.2 Å². The van der Waals surface area contributed by atoms with Crippen LogP contribution in [0.25, 0.3) is 10.9 Å². The lowest BCUT2D eigenvalue weighted by atomic mass is 10.1. The number of hydrogen-bond donors (Lipinski definition) is 3. The predicted molar refractivity (Wildman–Crippen MR) is 89.4 cm³/mol. The van der Waals surface area contributed by atoms with Crippen LogP contribution in [-0.2, 0) is 22.6 Å². The first-order chi connectivity index (χ1) is 10.8. The van der Waals surface area contributed by atoms with Crippen LogP contribution in [0, 0.1) is 0 Å². The van der Waals surface area contributed by atoms with Crippen molar-refractivity contribution < 1.29 is 19.8 Å². The number of hydrogen-bond acceptors (Lipinski definition) is 3. The van der Waals surface area contributed by atoms with Crippen LogP contribution < -0.4 is 5.73 Å². The number of carboxylic acids is 2. The minimum Gasteiger partial charge on any atom is -0.478 e. The number of nitrogens with two attached hydrogens (primary N) is 1. The molecule has 1 heterocycles. The summed E-state index contributed by atoms with van der Waals surface area (Å²) in [5.74, 6) is -2.51. The second-order valence-corrected chi connectivity index (χ2v) is 5.16. The van der Waals surface area contributed by atoms with E-state index in [2.05, 4.69) is 42.0 Å². The van der Waals surface area contributed by atoms with Gasteiger partial charge < -0.3 is 20.5 Å². The maximum absolute atomic E-state index is 9.55. The van der Waals surface area contributed by atoms with Gasteiger partial charge in [-0.2, -0.15) is 0 Å². The second-order valence-electron chi connectivity index (χ2n) is 5.16. The molecule has 4 N–H and O–H groups in total. The first-order valence-corrected chi connectivity index (χ1v) is 7.31. The third-order valence-corrected chi connectivity index (χ3v) is 3.11. The highest BCUT2D eigenvalue weighted by Crippen LogP contribution is 2.20. The van der Waals surface area contributed by atoms with Crippen molar-refractivity contribution in [3.63, 3.8) is 0 Å². The molecule has 1 atom stereocenters. The third-order valence-electron chi connectivity index (χ3n) is 3.11. The van der Waals surface area contributed by atoms with E-state index in [4.69, 9.17) is 15.9 Å². The molecule has 2 rings (SSSR count). The van der Waals surface area contributed by atoms with Crippen LogP contribution in [0.15, 0.2) is 42.6 Å². The SMILES string of the molecule is CCc1cccc2ccn(CC(C)N)c12.O=C(O)/C=C/C(=O)O. The molecular formula is C17H22N2O4. The lowest BCUT2D eigenvalue weighted by Crippen LogP contribution is -2.21. The summed E-state index contributed by atoms with van der Waals surface area (Å²) in [4.78, 5) is 19.1. The molecule has 6 heteroatoms. The van der Waals surface area contributed by atoms with Gasteiger partial charge in [0.15, 0.2) is 0 Å². The number of carbonyl (C=O) groups is 2. The van der Waals surface area contributed by atoms with E-state index in [0.717, 1.165) is 13.0 Å². The van der Waals surface area contributed by atoms with Gasteiger partial charge >= 0.3 is 11.9 Å². The molecule has 1 unspecified atom stereocenters. The Labute approximate surface area is 134 Å². The van der Waals surface area contributed by atoms with Gasteiger partial charge in [-0.1, -0.05) is 25.1 Å². The molecule has 0 spiro atoms. The molecule has 0 radical (unpaired) electrons. The highest BCUT2D eigenvalue weighted by Gasteiger charge is 2.06. The zero-order valence-corrected chi connectivity index (χ0v) is 13.3. The number of aliphatic carboxylic acids is 2. The molecule has 0 aliphatic heterocycles. The topological polar surface area (TPSA) is 106 Å². The highest BCUT2D eigenvalue weighted by atomic mass is 16.4. The van der Waals surface area contributed by atoms with Gasteiger partial charge in [-0.05, 0) is 30.4 Å². The molecule has 1 aromatic carbocycles. The summed E-state index contributed by atoms with van der Waals surface area (Å²) in [6.07, 6.45) is 4.32. The van der Waals surface area contributed by atoms with Crippen molar-refractivity contribution >= 4 is 22.8 Å². The molecule has 0 aliphatic carbocycles. The summed E-state index contributed by atoms with van der Waals surface area (Å²) < 4.78 is 2.26. The van der Waals surface area contributed by atoms with Gasteiger partial charge in [0, 0.05) is 30.9 Å². The summed E-state index contributed by atoms with van der Waals surface area (Å²) >= 11 is 0. The van der Waals surface area contributed by atoms with Gasteiger partial charge in [0.1, 0.15) is 0 Å². The van der Waals surface area contributed by atoms with Crippen LogP contribution in [0.4, 0.5) is 0 Å². The molecule has 0 saturated carbocycles. The Bertz CT molecular complexity index is 686. The van der Waals surface area contributed by atoms with E-state index in [1.165, 1.54) is 16.5 Å². The number of benzene rings is 1. The predicted octanol–water partition coefficient (Wildman–Crippen LogP) is 2.26. The zero-order valence-electron chi connectivity index (χ0n) is 13.3. The summed E-state index contributed by atoms with van der Waals surface area (Å²) in [5.41, 5.74) is 8.59. The van der Waals surface area contributed by atoms with E-state index < -0.39 is 11.9 Å². The summed E-state index contributed by atoms with van der Waals surface area (Å²) in [6.45, 7) is 5.12. The maximum Gasteiger partial charge on any atom is 0.328 e. The molecule has 0 fully saturated rings. The first kappa shape index (κ1) is 18.4. The van der Waals surface area contributed by atoms with E-state index in [1.807, 2.05) is 6.92 Å². The van der Waals surface area contributed by atoms with Gasteiger partial charge in [0.05, 0.1) is 5.52 Å². The highest BCUT2D eigenvalue weighted by molar-refractivity contribution is 5.89. The van der Waals surface area contributed by atoms with Crippen molar-refractivity contribution in [3.8, 4) is 0 Å². The van der Waals surface area contributed by atoms with Crippen LogP contribution >= 0.6 is 0 Å². The van der Waals surface area contributed by atoms with E-state index in [-0.39, 0.29) is 6.04 Å². The van der Waals surface area contributed by atoms with Gasteiger partial charge in [-0.15, -0.1) is 0 Å². The Morgan fingerprint density at radius 1 is 1.22 bits per heavy atom. The number of rotatable bonds is 5. The number of fused-ring (bicyclic) bond motifs is 1. The second kappa shape index (κ2) is 8.75. The van der Waals surface area contributed by atoms with Gasteiger partial charge in [0.2, 0.25) is 0 Å². The Morgan fingerprint density at radius 3 is 2.30 bits per heavy atom. The van der Waals surface area contributed by atoms with Crippen LogP contribution in [0.2, 0.25) is 0 Å². The Balaban J connectivity index is 0.000000284. The molecule has 0 bridgehead atoms. The van der Waals surface area contributed by atoms with Gasteiger partial charge in [-0.25, -0.2) is 9.59 Å². The molecule has 6 nitrogen and oxygen atoms in total. The molecule has 23 heavy (non-hydrogen) atoms. The zero-order chi connectivity index (χ0) is 17.4. The fourth-order valence-corrected chi connectivity index (χ4v) is 2.23. The van der Waals surface area contributed by atoms with Crippen molar-refractivity contribution in [2.75, 3.05) is 0 Å². The number of para-hydroxylation sites is 1. The van der Waals surface area contributed by atoms with Crippen LogP contribution in [0.5, 0.6) is 0 Å². The summed E-state index contributed by atoms with van der Waals surface area (Å²) in [6, 6.07) is 8.84. The van der Waals surface area contributed by atoms with E-state index in [0.29, 0.717) is 12.2 Å². The smallest absolute Gasteiger partial charge is 0.328 e. The molecule has 0 saturated heterocycles. The minimum atomic E-state index is -1.26. The first-order valence-electron chi connectivity index (χ1n) is 7.31. The van der Waals surface area contributed by atoms with Crippen molar-refractivity contribution in [2.24, 2.45) is 5.73 Å². The van der Waals surface area contributed by atoms with Crippen molar-refractivity contribution in [1.29, 1.82) is 0 Å². The molecule has 0 amide bonds. The normalized spacial score (nSPS) is 12.0. The quantitative estimate of drug-likeness (QED) is 0.733. The Morgan fingerprint density at radius 2 is 1.83 bits per heavy atom. The van der Waals surface area contributed by atoms with E-state index in [9.17, 15) is 9.59 Å². The van der Waals surface area contributed by atoms with E-state index in [1.54, 1.807) is 0 Å². The maximum atomic E-state index is 9.55. The Kier molecular flexibility index (Phi) is 7.02. The molecule has 1 aromatic heterocycles. The molecular weight excluding hydrogens is 296 g/mol. The average Bonchev–Trinajstić information content (AvgIpc) is 2.88. The Hall–Kier alpha value is -2.60. The van der Waals surface area contributed by atoms with Crippen molar-refractivity contribution in [2.45, 2.75) is 32.9 Å². The van der Waals surface area contributed by atoms with Crippen LogP contribution in [-0.4, -0.2) is 32.8 Å². The van der Waals surface area contributed by atoms with Gasteiger partial charge in [0.25, 0.3) is 0 Å². The lowest BCUT2D eigenvalue weighted by molar-refractivity contribution is -0.134. The van der Waals surface area contributed by atoms with E-state index >= 15 is 0 Å². The molecule has 0 aliphatic rings. The van der Waals surface area contributed by atoms with Crippen LogP contribution in [0.1, 0.15) is 19.4 Å². The monoisotopic (exact) mass is 318 g/mol. The van der Waals surface area contributed by atoms with Crippen LogP contribution in [0.3, 0.4) is 0 Å². The summed E-state index contributed by atoms with van der Waals surface area (Å²) in [5, 5.41) is 16.9. The number of aryl methyl sites for hydroxylation is 1. The van der Waals surface area contributed by atoms with Gasteiger partial charge in [-0.3, -0.25) is 0 Å². The fraction of sp³-hybridized carbons (Fsp3) is 0.294. The standard InChI is InChI=1S/C13H18N2.C4H4O4/c1-3-11-5-4-6-12-7-8-15(13(11)12)9-10(2)14;5-3(6)1-2-4(7)8/h4-8,10H,3,9,14H2,1-2H3;1-2H,(H,5,6)(H,7,8)/b;2-1+. The minimum absolute atomic E-state index is 0.200. The fourth-order valence-electron chi connectivity index (χ4n) is 2.23.